The van der Waals surface area contributed by atoms with Crippen LogP contribution in [-0.4, -0.2) is 78.2 Å². The summed E-state index contributed by atoms with van der Waals surface area (Å²) in [5.74, 6) is 1.13. The van der Waals surface area contributed by atoms with Crippen molar-refractivity contribution in [1.82, 2.24) is 19.8 Å². The third-order valence-corrected chi connectivity index (χ3v) is 7.53. The number of fused-ring (bicyclic) bond motifs is 1. The fraction of sp³-hybridized carbons (Fsp3) is 0.458. The molecule has 0 atom stereocenters. The van der Waals surface area contributed by atoms with Crippen molar-refractivity contribution < 1.29 is 14.3 Å². The molecule has 2 saturated heterocycles. The fourth-order valence-electron chi connectivity index (χ4n) is 4.37. The predicted molar refractivity (Wildman–Crippen MR) is 130 cm³/mol. The van der Waals surface area contributed by atoms with E-state index < -0.39 is 0 Å². The van der Waals surface area contributed by atoms with E-state index in [9.17, 15) is 4.79 Å². The SMILES string of the molecule is Cc1nc(-c2ccccc2Cl)nc2sc(C(=O)N3CCOCC3)c(OCCN3CCCC3)c12. The smallest absolute Gasteiger partial charge is 0.268 e. The molecule has 5 rings (SSSR count). The quantitative estimate of drug-likeness (QED) is 0.518. The van der Waals surface area contributed by atoms with Gasteiger partial charge in [0.1, 0.15) is 16.3 Å². The number of hydrogen-bond donors (Lipinski definition) is 0. The largest absolute Gasteiger partial charge is 0.490 e. The third-order valence-electron chi connectivity index (χ3n) is 6.15. The Labute approximate surface area is 202 Å². The molecule has 2 aliphatic rings. The van der Waals surface area contributed by atoms with Gasteiger partial charge in [-0.25, -0.2) is 9.97 Å². The summed E-state index contributed by atoms with van der Waals surface area (Å²) in [5.41, 5.74) is 1.55. The van der Waals surface area contributed by atoms with Crippen LogP contribution in [0.4, 0.5) is 0 Å². The van der Waals surface area contributed by atoms with Gasteiger partial charge in [-0.1, -0.05) is 23.7 Å². The molecule has 0 saturated carbocycles. The minimum atomic E-state index is -0.0313. The number of thiophene rings is 1. The van der Waals surface area contributed by atoms with Crippen molar-refractivity contribution in [3.8, 4) is 17.1 Å². The molecule has 2 fully saturated rings. The number of aryl methyl sites for hydroxylation is 1. The molecule has 9 heteroatoms. The van der Waals surface area contributed by atoms with Crippen molar-refractivity contribution in [3.63, 3.8) is 0 Å². The molecule has 0 spiro atoms. The summed E-state index contributed by atoms with van der Waals surface area (Å²) in [6, 6.07) is 7.53. The number of hydrogen-bond acceptors (Lipinski definition) is 7. The second-order valence-corrected chi connectivity index (χ2v) is 9.76. The highest BCUT2D eigenvalue weighted by Crippen LogP contribution is 2.40. The zero-order valence-electron chi connectivity index (χ0n) is 18.7. The van der Waals surface area contributed by atoms with E-state index >= 15 is 0 Å². The van der Waals surface area contributed by atoms with Crippen LogP contribution in [0.2, 0.25) is 5.02 Å². The Morgan fingerprint density at radius 1 is 1.15 bits per heavy atom. The van der Waals surface area contributed by atoms with Gasteiger partial charge >= 0.3 is 0 Å². The number of ether oxygens (including phenoxy) is 2. The Balaban J connectivity index is 1.53. The monoisotopic (exact) mass is 486 g/mol. The maximum atomic E-state index is 13.5. The zero-order valence-corrected chi connectivity index (χ0v) is 20.3. The van der Waals surface area contributed by atoms with Crippen molar-refractivity contribution in [2.45, 2.75) is 19.8 Å². The average Bonchev–Trinajstić information content (AvgIpc) is 3.48. The molecular weight excluding hydrogens is 460 g/mol. The molecule has 7 nitrogen and oxygen atoms in total. The first-order chi connectivity index (χ1) is 16.1. The Hall–Kier alpha value is -2.26. The van der Waals surface area contributed by atoms with Crippen molar-refractivity contribution in [1.29, 1.82) is 0 Å². The molecule has 0 aliphatic carbocycles. The summed E-state index contributed by atoms with van der Waals surface area (Å²) in [4.78, 5) is 28.5. The summed E-state index contributed by atoms with van der Waals surface area (Å²) >= 11 is 7.78. The van der Waals surface area contributed by atoms with E-state index in [0.717, 1.165) is 41.1 Å². The van der Waals surface area contributed by atoms with Crippen LogP contribution < -0.4 is 4.74 Å². The minimum Gasteiger partial charge on any atom is -0.490 e. The van der Waals surface area contributed by atoms with Gasteiger partial charge in [0, 0.05) is 25.2 Å². The minimum absolute atomic E-state index is 0.0313. The van der Waals surface area contributed by atoms with Crippen molar-refractivity contribution in [2.75, 3.05) is 52.5 Å². The number of nitrogens with zero attached hydrogens (tertiary/aromatic N) is 4. The summed E-state index contributed by atoms with van der Waals surface area (Å²) in [7, 11) is 0. The molecular formula is C24H27ClN4O3S. The summed E-state index contributed by atoms with van der Waals surface area (Å²) in [5, 5.41) is 1.41. The second kappa shape index (κ2) is 9.93. The maximum Gasteiger partial charge on any atom is 0.268 e. The van der Waals surface area contributed by atoms with Crippen LogP contribution in [-0.2, 0) is 4.74 Å². The van der Waals surface area contributed by atoms with E-state index in [0.29, 0.717) is 54.4 Å². The van der Waals surface area contributed by atoms with E-state index in [-0.39, 0.29) is 5.91 Å². The van der Waals surface area contributed by atoms with Gasteiger partial charge < -0.3 is 14.4 Å². The number of amides is 1. The first-order valence-corrected chi connectivity index (χ1v) is 12.6. The Bertz CT molecular complexity index is 1160. The van der Waals surface area contributed by atoms with Crippen LogP contribution in [0.3, 0.4) is 0 Å². The molecule has 0 radical (unpaired) electrons. The molecule has 174 valence electrons. The van der Waals surface area contributed by atoms with E-state index in [1.165, 1.54) is 24.2 Å². The van der Waals surface area contributed by atoms with Crippen LogP contribution in [0.5, 0.6) is 5.75 Å². The fourth-order valence-corrected chi connectivity index (χ4v) is 5.73. The lowest BCUT2D eigenvalue weighted by molar-refractivity contribution is 0.0304. The molecule has 2 aromatic heterocycles. The van der Waals surface area contributed by atoms with E-state index in [2.05, 4.69) is 4.90 Å². The topological polar surface area (TPSA) is 67.8 Å². The lowest BCUT2D eigenvalue weighted by Crippen LogP contribution is -2.40. The van der Waals surface area contributed by atoms with Crippen LogP contribution in [0.1, 0.15) is 28.2 Å². The summed E-state index contributed by atoms with van der Waals surface area (Å²) in [6.07, 6.45) is 2.47. The first-order valence-electron chi connectivity index (χ1n) is 11.4. The number of benzene rings is 1. The molecule has 33 heavy (non-hydrogen) atoms. The lowest BCUT2D eigenvalue weighted by atomic mass is 10.2. The van der Waals surface area contributed by atoms with Gasteiger partial charge in [-0.05, 0) is 45.0 Å². The van der Waals surface area contributed by atoms with E-state index in [1.54, 1.807) is 0 Å². The van der Waals surface area contributed by atoms with Gasteiger partial charge in [0.2, 0.25) is 0 Å². The van der Waals surface area contributed by atoms with Gasteiger partial charge in [0.05, 0.1) is 29.3 Å². The Morgan fingerprint density at radius 2 is 1.91 bits per heavy atom. The molecule has 0 N–H and O–H groups in total. The number of rotatable bonds is 6. The van der Waals surface area contributed by atoms with Gasteiger partial charge in [-0.3, -0.25) is 9.69 Å². The number of carbonyl (C=O) groups excluding carboxylic acids is 1. The molecule has 1 aromatic carbocycles. The van der Waals surface area contributed by atoms with Crippen LogP contribution in [0.25, 0.3) is 21.6 Å². The average molecular weight is 487 g/mol. The highest BCUT2D eigenvalue weighted by atomic mass is 35.5. The number of aromatic nitrogens is 2. The Morgan fingerprint density at radius 3 is 2.67 bits per heavy atom. The van der Waals surface area contributed by atoms with Crippen LogP contribution in [0.15, 0.2) is 24.3 Å². The lowest BCUT2D eigenvalue weighted by Gasteiger charge is -2.26. The third kappa shape index (κ3) is 4.71. The van der Waals surface area contributed by atoms with Crippen LogP contribution in [0, 0.1) is 6.92 Å². The first kappa shape index (κ1) is 22.5. The maximum absolute atomic E-state index is 13.5. The normalized spacial score (nSPS) is 17.1. The van der Waals surface area contributed by atoms with E-state index in [1.807, 2.05) is 36.1 Å². The summed E-state index contributed by atoms with van der Waals surface area (Å²) in [6.45, 7) is 7.79. The van der Waals surface area contributed by atoms with E-state index in [4.69, 9.17) is 31.0 Å². The van der Waals surface area contributed by atoms with Crippen molar-refractivity contribution in [2.24, 2.45) is 0 Å². The second-order valence-electron chi connectivity index (χ2n) is 8.35. The number of morpholine rings is 1. The summed E-state index contributed by atoms with van der Waals surface area (Å²) < 4.78 is 11.7. The highest BCUT2D eigenvalue weighted by Gasteiger charge is 2.28. The van der Waals surface area contributed by atoms with Gasteiger partial charge in [-0.15, -0.1) is 11.3 Å². The predicted octanol–water partition coefficient (Wildman–Crippen LogP) is 4.27. The Kier molecular flexibility index (Phi) is 6.78. The van der Waals surface area contributed by atoms with Crippen molar-refractivity contribution >= 4 is 39.1 Å². The molecule has 3 aromatic rings. The zero-order chi connectivity index (χ0) is 22.8. The molecule has 0 bridgehead atoms. The van der Waals surface area contributed by atoms with Gasteiger partial charge in [0.25, 0.3) is 5.91 Å². The highest BCUT2D eigenvalue weighted by molar-refractivity contribution is 7.21. The van der Waals surface area contributed by atoms with Gasteiger partial charge in [0.15, 0.2) is 11.6 Å². The molecule has 4 heterocycles. The van der Waals surface area contributed by atoms with Crippen LogP contribution >= 0.6 is 22.9 Å². The molecule has 2 aliphatic heterocycles. The standard InChI is InChI=1S/C24H27ClN4O3S/c1-16-19-20(32-15-10-28-8-4-5-9-28)21(24(30)29-11-13-31-14-12-29)33-23(19)27-22(26-16)17-6-2-3-7-18(17)25/h2-3,6-7H,4-5,8-15H2,1H3. The number of carbonyl (C=O) groups is 1. The molecule has 0 unspecified atom stereocenters. The molecule has 1 amide bonds. The number of likely N-dealkylation sites (tertiary alicyclic amines) is 1. The number of halogens is 1. The van der Waals surface area contributed by atoms with Gasteiger partial charge in [-0.2, -0.15) is 0 Å². The van der Waals surface area contributed by atoms with Crippen molar-refractivity contribution in [3.05, 3.63) is 39.9 Å².